The van der Waals surface area contributed by atoms with Crippen LogP contribution >= 0.6 is 0 Å². The summed E-state index contributed by atoms with van der Waals surface area (Å²) in [6.07, 6.45) is 13.4. The summed E-state index contributed by atoms with van der Waals surface area (Å²) in [5.41, 5.74) is 1.68. The number of nitrogens with one attached hydrogen (secondary N) is 1. The van der Waals surface area contributed by atoms with Gasteiger partial charge in [-0.3, -0.25) is 0 Å². The van der Waals surface area contributed by atoms with Crippen LogP contribution in [0.4, 0.5) is 0 Å². The number of hydrogen-bond acceptors (Lipinski definition) is 1. The molecule has 0 aliphatic heterocycles. The van der Waals surface area contributed by atoms with Crippen molar-refractivity contribution in [1.29, 1.82) is 0 Å². The van der Waals surface area contributed by atoms with E-state index < -0.39 is 0 Å². The molecule has 0 aromatic carbocycles. The fraction of sp³-hybridized carbons (Fsp3) is 0.846. The third kappa shape index (κ3) is 3.83. The molecule has 0 saturated heterocycles. The number of allylic oxidation sites excluding steroid dienone is 1. The van der Waals surface area contributed by atoms with Crippen LogP contribution in [0.5, 0.6) is 0 Å². The lowest BCUT2D eigenvalue weighted by molar-refractivity contribution is 0.530. The predicted molar refractivity (Wildman–Crippen MR) is 63.5 cm³/mol. The Morgan fingerprint density at radius 2 is 2.07 bits per heavy atom. The van der Waals surface area contributed by atoms with Gasteiger partial charge < -0.3 is 5.32 Å². The average Bonchev–Trinajstić information content (AvgIpc) is 2.15. The molecule has 0 radical (unpaired) electrons. The maximum atomic E-state index is 3.45. The molecule has 82 valence electrons. The fourth-order valence-electron chi connectivity index (χ4n) is 2.34. The molecular weight excluding hydrogens is 170 g/mol. The summed E-state index contributed by atoms with van der Waals surface area (Å²) in [7, 11) is 2.10. The van der Waals surface area contributed by atoms with Crippen LogP contribution in [0.1, 0.15) is 58.3 Å². The van der Waals surface area contributed by atoms with Gasteiger partial charge in [0.1, 0.15) is 0 Å². The van der Waals surface area contributed by atoms with Gasteiger partial charge in [0.05, 0.1) is 0 Å². The summed E-state index contributed by atoms with van der Waals surface area (Å²) in [6, 6.07) is 0.651. The van der Waals surface area contributed by atoms with Crippen LogP contribution in [0, 0.1) is 0 Å². The first-order chi connectivity index (χ1) is 6.88. The van der Waals surface area contributed by atoms with E-state index in [0.29, 0.717) is 6.04 Å². The van der Waals surface area contributed by atoms with E-state index in [1.54, 1.807) is 5.57 Å². The first kappa shape index (κ1) is 11.8. The van der Waals surface area contributed by atoms with E-state index in [1.807, 2.05) is 0 Å². The monoisotopic (exact) mass is 195 g/mol. The minimum Gasteiger partial charge on any atom is -0.313 e. The molecule has 0 aromatic heterocycles. The number of likely N-dealkylation sites (N-methyl/N-ethyl adjacent to an activating group) is 1. The molecule has 1 atom stereocenters. The molecule has 1 heteroatoms. The lowest BCUT2D eigenvalue weighted by Gasteiger charge is -2.21. The highest BCUT2D eigenvalue weighted by atomic mass is 14.9. The molecule has 14 heavy (non-hydrogen) atoms. The summed E-state index contributed by atoms with van der Waals surface area (Å²) in [4.78, 5) is 0. The summed E-state index contributed by atoms with van der Waals surface area (Å²) < 4.78 is 0. The number of rotatable bonds is 4. The van der Waals surface area contributed by atoms with Gasteiger partial charge in [-0.1, -0.05) is 37.8 Å². The molecular formula is C13H25N. The minimum atomic E-state index is 0.651. The second-order valence-corrected chi connectivity index (χ2v) is 4.36. The highest BCUT2D eigenvalue weighted by Gasteiger charge is 2.11. The van der Waals surface area contributed by atoms with Crippen LogP contribution in [0.25, 0.3) is 0 Å². The Hall–Kier alpha value is -0.300. The van der Waals surface area contributed by atoms with E-state index in [-0.39, 0.29) is 0 Å². The van der Waals surface area contributed by atoms with E-state index in [4.69, 9.17) is 0 Å². The second kappa shape index (κ2) is 7.05. The lowest BCUT2D eigenvalue weighted by Crippen LogP contribution is -2.27. The molecule has 0 bridgehead atoms. The third-order valence-electron chi connectivity index (χ3n) is 3.20. The Bertz CT molecular complexity index is 172. The maximum Gasteiger partial charge on any atom is 0.0276 e. The van der Waals surface area contributed by atoms with Crippen LogP contribution < -0.4 is 5.32 Å². The summed E-state index contributed by atoms with van der Waals surface area (Å²) in [6.45, 7) is 2.27. The zero-order valence-electron chi connectivity index (χ0n) is 9.81. The van der Waals surface area contributed by atoms with Crippen molar-refractivity contribution in [2.24, 2.45) is 0 Å². The van der Waals surface area contributed by atoms with Gasteiger partial charge in [-0.2, -0.15) is 0 Å². The van der Waals surface area contributed by atoms with E-state index in [9.17, 15) is 0 Å². The van der Waals surface area contributed by atoms with Gasteiger partial charge in [-0.25, -0.2) is 0 Å². The molecule has 1 aliphatic carbocycles. The zero-order chi connectivity index (χ0) is 10.2. The third-order valence-corrected chi connectivity index (χ3v) is 3.20. The molecule has 1 unspecified atom stereocenters. The van der Waals surface area contributed by atoms with Crippen LogP contribution in [-0.4, -0.2) is 13.1 Å². The molecule has 1 rings (SSSR count). The first-order valence-electron chi connectivity index (χ1n) is 6.24. The van der Waals surface area contributed by atoms with Crippen molar-refractivity contribution in [2.75, 3.05) is 7.05 Å². The Labute approximate surface area is 89.0 Å². The average molecular weight is 195 g/mol. The topological polar surface area (TPSA) is 12.0 Å². The molecule has 1 N–H and O–H groups in total. The fourth-order valence-corrected chi connectivity index (χ4v) is 2.34. The first-order valence-corrected chi connectivity index (χ1v) is 6.24. The van der Waals surface area contributed by atoms with Crippen LogP contribution in [0.15, 0.2) is 11.6 Å². The van der Waals surface area contributed by atoms with Gasteiger partial charge >= 0.3 is 0 Å². The van der Waals surface area contributed by atoms with Crippen LogP contribution in [0.2, 0.25) is 0 Å². The minimum absolute atomic E-state index is 0.651. The second-order valence-electron chi connectivity index (χ2n) is 4.36. The number of hydrogen-bond donors (Lipinski definition) is 1. The lowest BCUT2D eigenvalue weighted by atomic mass is 9.93. The maximum absolute atomic E-state index is 3.45. The molecule has 0 saturated carbocycles. The quantitative estimate of drug-likeness (QED) is 0.675. The molecule has 0 amide bonds. The zero-order valence-corrected chi connectivity index (χ0v) is 9.81. The van der Waals surface area contributed by atoms with E-state index in [1.165, 1.54) is 51.4 Å². The van der Waals surface area contributed by atoms with Crippen molar-refractivity contribution in [3.05, 3.63) is 11.6 Å². The highest BCUT2D eigenvalue weighted by molar-refractivity contribution is 5.11. The molecule has 0 aromatic rings. The Morgan fingerprint density at radius 1 is 1.29 bits per heavy atom. The van der Waals surface area contributed by atoms with Crippen molar-refractivity contribution < 1.29 is 0 Å². The Morgan fingerprint density at radius 3 is 2.79 bits per heavy atom. The van der Waals surface area contributed by atoms with Gasteiger partial charge in [-0.15, -0.1) is 0 Å². The van der Waals surface area contributed by atoms with Crippen LogP contribution in [-0.2, 0) is 0 Å². The van der Waals surface area contributed by atoms with Crippen molar-refractivity contribution in [3.63, 3.8) is 0 Å². The van der Waals surface area contributed by atoms with Gasteiger partial charge in [-0.05, 0) is 39.2 Å². The summed E-state index contributed by atoms with van der Waals surface area (Å²) in [5, 5.41) is 3.45. The largest absolute Gasteiger partial charge is 0.313 e. The van der Waals surface area contributed by atoms with E-state index in [0.717, 1.165) is 0 Å². The van der Waals surface area contributed by atoms with Gasteiger partial charge in [0.15, 0.2) is 0 Å². The normalized spacial score (nSPS) is 20.9. The van der Waals surface area contributed by atoms with Crippen molar-refractivity contribution in [3.8, 4) is 0 Å². The van der Waals surface area contributed by atoms with Gasteiger partial charge in [0, 0.05) is 6.04 Å². The van der Waals surface area contributed by atoms with Crippen molar-refractivity contribution in [1.82, 2.24) is 5.32 Å². The van der Waals surface area contributed by atoms with Crippen molar-refractivity contribution >= 4 is 0 Å². The summed E-state index contributed by atoms with van der Waals surface area (Å²) >= 11 is 0. The summed E-state index contributed by atoms with van der Waals surface area (Å²) in [5.74, 6) is 0. The van der Waals surface area contributed by atoms with E-state index in [2.05, 4.69) is 25.4 Å². The smallest absolute Gasteiger partial charge is 0.0276 e. The Kier molecular flexibility index (Phi) is 5.93. The van der Waals surface area contributed by atoms with E-state index >= 15 is 0 Å². The SMILES string of the molecule is CCCC(NC)C1=CCCCCCC1. The predicted octanol–water partition coefficient (Wildman–Crippen LogP) is 3.66. The molecule has 0 spiro atoms. The molecule has 0 heterocycles. The Balaban J connectivity index is 2.51. The highest BCUT2D eigenvalue weighted by Crippen LogP contribution is 2.21. The molecule has 1 nitrogen and oxygen atoms in total. The van der Waals surface area contributed by atoms with Gasteiger partial charge in [0.25, 0.3) is 0 Å². The standard InChI is InChI=1S/C13H25N/c1-3-9-13(14-2)12-10-7-5-4-6-8-11-12/h10,13-14H,3-9,11H2,1-2H3. The molecule has 1 aliphatic rings. The van der Waals surface area contributed by atoms with Gasteiger partial charge in [0.2, 0.25) is 0 Å². The van der Waals surface area contributed by atoms with Crippen molar-refractivity contribution in [2.45, 2.75) is 64.3 Å². The van der Waals surface area contributed by atoms with Crippen LogP contribution in [0.3, 0.4) is 0 Å². The molecule has 0 fully saturated rings.